The van der Waals surface area contributed by atoms with Crippen molar-refractivity contribution in [1.82, 2.24) is 14.6 Å². The third-order valence-electron chi connectivity index (χ3n) is 2.23. The highest BCUT2D eigenvalue weighted by Crippen LogP contribution is 2.19. The second-order valence-electron chi connectivity index (χ2n) is 3.31. The quantitative estimate of drug-likeness (QED) is 0.754. The number of carbonyl (C=O) groups excluding carboxylic acids is 1. The molecule has 0 saturated carbocycles. The lowest BCUT2D eigenvalue weighted by Gasteiger charge is -2.02. The van der Waals surface area contributed by atoms with Gasteiger partial charge in [0.05, 0.1) is 12.8 Å². The van der Waals surface area contributed by atoms with Gasteiger partial charge in [-0.1, -0.05) is 0 Å². The van der Waals surface area contributed by atoms with Gasteiger partial charge in [-0.3, -0.25) is 0 Å². The smallest absolute Gasteiger partial charge is 0.343 e. The van der Waals surface area contributed by atoms with Crippen molar-refractivity contribution in [3.8, 4) is 5.88 Å². The van der Waals surface area contributed by atoms with Crippen molar-refractivity contribution in [2.24, 2.45) is 0 Å². The predicted molar refractivity (Wildman–Crippen MR) is 57.6 cm³/mol. The number of fused-ring (bicyclic) bond motifs is 1. The number of rotatable bonds is 3. The maximum atomic E-state index is 11.5. The molecule has 0 aliphatic heterocycles. The van der Waals surface area contributed by atoms with Crippen LogP contribution < -0.4 is 0 Å². The molecular formula is C10H9N3O5. The topological polar surface area (TPSA) is 114 Å². The molecule has 0 amide bonds. The lowest BCUT2D eigenvalue weighted by Crippen LogP contribution is -2.07. The van der Waals surface area contributed by atoms with Gasteiger partial charge in [-0.2, -0.15) is 9.61 Å². The Bertz CT molecular complexity index is 634. The number of esters is 1. The number of nitrogens with zero attached hydrogens (tertiary/aromatic N) is 3. The van der Waals surface area contributed by atoms with E-state index in [4.69, 9.17) is 9.84 Å². The molecule has 0 aliphatic rings. The molecule has 0 aliphatic carbocycles. The molecular weight excluding hydrogens is 242 g/mol. The van der Waals surface area contributed by atoms with Crippen LogP contribution in [0.5, 0.6) is 5.88 Å². The second kappa shape index (κ2) is 4.32. The Morgan fingerprint density at radius 2 is 2.11 bits per heavy atom. The number of aromatic nitrogens is 3. The highest BCUT2D eigenvalue weighted by molar-refractivity contribution is 5.96. The fourth-order valence-corrected chi connectivity index (χ4v) is 1.42. The number of carbonyl (C=O) groups is 2. The van der Waals surface area contributed by atoms with Crippen LogP contribution in [-0.4, -0.2) is 43.4 Å². The first kappa shape index (κ1) is 11.8. The van der Waals surface area contributed by atoms with Gasteiger partial charge in [-0.05, 0) is 6.92 Å². The molecule has 0 bridgehead atoms. The minimum Gasteiger partial charge on any atom is -0.493 e. The summed E-state index contributed by atoms with van der Waals surface area (Å²) in [5.74, 6) is -2.57. The van der Waals surface area contributed by atoms with Crippen LogP contribution in [0.15, 0.2) is 12.4 Å². The third kappa shape index (κ3) is 1.73. The average molecular weight is 251 g/mol. The standard InChI is InChI=1S/C10H9N3O5/c1-2-18-10(17)5-4-12-13-7(5)11-3-6(8(13)14)9(15)16/h3-4,14H,2H2,1H3,(H,15,16). The van der Waals surface area contributed by atoms with Crippen molar-refractivity contribution < 1.29 is 24.5 Å². The monoisotopic (exact) mass is 251 g/mol. The highest BCUT2D eigenvalue weighted by atomic mass is 16.5. The number of carboxylic acids is 1. The summed E-state index contributed by atoms with van der Waals surface area (Å²) in [6.07, 6.45) is 2.11. The molecule has 0 radical (unpaired) electrons. The van der Waals surface area contributed by atoms with Crippen molar-refractivity contribution in [3.05, 3.63) is 23.5 Å². The molecule has 2 aromatic rings. The van der Waals surface area contributed by atoms with E-state index in [0.29, 0.717) is 0 Å². The van der Waals surface area contributed by atoms with Gasteiger partial charge in [0.25, 0.3) is 0 Å². The Kier molecular flexibility index (Phi) is 2.84. The lowest BCUT2D eigenvalue weighted by molar-refractivity contribution is 0.0528. The first-order valence-electron chi connectivity index (χ1n) is 5.02. The minimum absolute atomic E-state index is 0.0379. The number of aromatic hydroxyl groups is 1. The van der Waals surface area contributed by atoms with E-state index in [0.717, 1.165) is 16.9 Å². The van der Waals surface area contributed by atoms with E-state index < -0.39 is 23.4 Å². The number of hydrogen-bond donors (Lipinski definition) is 2. The molecule has 2 heterocycles. The summed E-state index contributed by atoms with van der Waals surface area (Å²) in [5.41, 5.74) is -0.305. The van der Waals surface area contributed by atoms with Gasteiger partial charge in [0.2, 0.25) is 5.88 Å². The molecule has 8 heteroatoms. The van der Waals surface area contributed by atoms with Crippen LogP contribution in [-0.2, 0) is 4.74 Å². The van der Waals surface area contributed by atoms with E-state index >= 15 is 0 Å². The summed E-state index contributed by atoms with van der Waals surface area (Å²) < 4.78 is 5.65. The Balaban J connectivity index is 2.59. The number of carboxylic acid groups (broad SMARTS) is 1. The minimum atomic E-state index is -1.34. The van der Waals surface area contributed by atoms with Crippen LogP contribution in [0.1, 0.15) is 27.6 Å². The highest BCUT2D eigenvalue weighted by Gasteiger charge is 2.20. The van der Waals surface area contributed by atoms with Crippen molar-refractivity contribution in [3.63, 3.8) is 0 Å². The van der Waals surface area contributed by atoms with Crippen LogP contribution in [0, 0.1) is 0 Å². The summed E-state index contributed by atoms with van der Waals surface area (Å²) >= 11 is 0. The molecule has 0 unspecified atom stereocenters. The summed E-state index contributed by atoms with van der Waals surface area (Å²) in [5, 5.41) is 22.2. The van der Waals surface area contributed by atoms with Gasteiger partial charge in [-0.15, -0.1) is 0 Å². The van der Waals surface area contributed by atoms with Gasteiger partial charge < -0.3 is 14.9 Å². The SMILES string of the molecule is CCOC(=O)c1cnn2c(O)c(C(=O)O)cnc12. The summed E-state index contributed by atoms with van der Waals surface area (Å²) in [6.45, 7) is 1.84. The van der Waals surface area contributed by atoms with Crippen LogP contribution in [0.2, 0.25) is 0 Å². The number of aromatic carboxylic acids is 1. The maximum absolute atomic E-state index is 11.5. The predicted octanol–water partition coefficient (Wildman–Crippen LogP) is 0.310. The molecule has 0 atom stereocenters. The molecule has 18 heavy (non-hydrogen) atoms. The van der Waals surface area contributed by atoms with E-state index in [2.05, 4.69) is 10.1 Å². The molecule has 8 nitrogen and oxygen atoms in total. The largest absolute Gasteiger partial charge is 0.493 e. The zero-order chi connectivity index (χ0) is 13.3. The van der Waals surface area contributed by atoms with Crippen LogP contribution in [0.4, 0.5) is 0 Å². The van der Waals surface area contributed by atoms with E-state index in [1.54, 1.807) is 6.92 Å². The Labute approximate surface area is 100 Å². The van der Waals surface area contributed by atoms with Crippen molar-refractivity contribution >= 4 is 17.6 Å². The van der Waals surface area contributed by atoms with Crippen LogP contribution in [0.3, 0.4) is 0 Å². The van der Waals surface area contributed by atoms with Crippen molar-refractivity contribution in [2.75, 3.05) is 6.61 Å². The molecule has 0 aromatic carbocycles. The molecule has 2 N–H and O–H groups in total. The normalized spacial score (nSPS) is 10.5. The maximum Gasteiger partial charge on any atom is 0.343 e. The zero-order valence-electron chi connectivity index (χ0n) is 9.32. The van der Waals surface area contributed by atoms with E-state index in [1.165, 1.54) is 0 Å². The summed E-state index contributed by atoms with van der Waals surface area (Å²) in [7, 11) is 0. The third-order valence-corrected chi connectivity index (χ3v) is 2.23. The average Bonchev–Trinajstić information content (AvgIpc) is 2.74. The molecule has 0 spiro atoms. The fourth-order valence-electron chi connectivity index (χ4n) is 1.42. The van der Waals surface area contributed by atoms with Crippen molar-refractivity contribution in [2.45, 2.75) is 6.92 Å². The molecule has 94 valence electrons. The molecule has 0 fully saturated rings. The molecule has 2 rings (SSSR count). The van der Waals surface area contributed by atoms with Gasteiger partial charge in [0.15, 0.2) is 5.65 Å². The first-order chi connectivity index (χ1) is 8.56. The first-order valence-corrected chi connectivity index (χ1v) is 5.02. The Morgan fingerprint density at radius 1 is 1.39 bits per heavy atom. The summed E-state index contributed by atoms with van der Waals surface area (Å²) in [6, 6.07) is 0. The van der Waals surface area contributed by atoms with Crippen LogP contribution >= 0.6 is 0 Å². The summed E-state index contributed by atoms with van der Waals surface area (Å²) in [4.78, 5) is 26.1. The number of hydrogen-bond acceptors (Lipinski definition) is 6. The van der Waals surface area contributed by atoms with Gasteiger partial charge in [-0.25, -0.2) is 14.6 Å². The van der Waals surface area contributed by atoms with Crippen LogP contribution in [0.25, 0.3) is 5.65 Å². The van der Waals surface area contributed by atoms with Gasteiger partial charge in [0.1, 0.15) is 11.1 Å². The molecule has 0 saturated heterocycles. The Hall–Kier alpha value is -2.64. The lowest BCUT2D eigenvalue weighted by atomic mass is 10.3. The van der Waals surface area contributed by atoms with E-state index in [-0.39, 0.29) is 17.8 Å². The fraction of sp³-hybridized carbons (Fsp3) is 0.200. The van der Waals surface area contributed by atoms with Gasteiger partial charge in [0, 0.05) is 6.20 Å². The van der Waals surface area contributed by atoms with Crippen molar-refractivity contribution in [1.29, 1.82) is 0 Å². The molecule has 2 aromatic heterocycles. The number of ether oxygens (including phenoxy) is 1. The van der Waals surface area contributed by atoms with E-state index in [1.807, 2.05) is 0 Å². The van der Waals surface area contributed by atoms with Gasteiger partial charge >= 0.3 is 11.9 Å². The van der Waals surface area contributed by atoms with E-state index in [9.17, 15) is 14.7 Å². The second-order valence-corrected chi connectivity index (χ2v) is 3.31. The zero-order valence-corrected chi connectivity index (χ0v) is 9.32. The Morgan fingerprint density at radius 3 is 2.72 bits per heavy atom.